The minimum absolute atomic E-state index is 1.20. The van der Waals surface area contributed by atoms with Crippen LogP contribution in [0.15, 0.2) is 66.7 Å². The molecule has 0 saturated heterocycles. The van der Waals surface area contributed by atoms with Gasteiger partial charge >= 0.3 is 0 Å². The third-order valence-electron chi connectivity index (χ3n) is 3.89. The van der Waals surface area contributed by atoms with Gasteiger partial charge in [-0.15, -0.1) is 11.3 Å². The van der Waals surface area contributed by atoms with Gasteiger partial charge in [0, 0.05) is 15.5 Å². The average molecular weight is 415 g/mol. The molecule has 22 heavy (non-hydrogen) atoms. The molecule has 0 fully saturated rings. The maximum atomic E-state index is 2.39. The van der Waals surface area contributed by atoms with Crippen LogP contribution < -0.4 is 3.11 Å². The van der Waals surface area contributed by atoms with Crippen molar-refractivity contribution in [3.63, 3.8) is 0 Å². The number of hydrogen-bond donors (Lipinski definition) is 0. The largest absolute Gasteiger partial charge is 0.282 e. The summed E-state index contributed by atoms with van der Waals surface area (Å²) in [5.74, 6) is 0. The fourth-order valence-electron chi connectivity index (χ4n) is 2.80. The predicted molar refractivity (Wildman–Crippen MR) is 107 cm³/mol. The maximum Gasteiger partial charge on any atom is 0.0689 e. The van der Waals surface area contributed by atoms with Crippen LogP contribution in [0.25, 0.3) is 20.2 Å². The first-order valence-corrected chi connectivity index (χ1v) is 8.95. The van der Waals surface area contributed by atoms with Crippen LogP contribution in [-0.2, 0) is 0 Å². The van der Waals surface area contributed by atoms with Crippen LogP contribution in [0.2, 0.25) is 0 Å². The van der Waals surface area contributed by atoms with E-state index in [0.29, 0.717) is 0 Å². The Balaban J connectivity index is 1.99. The molecule has 0 amide bonds. The van der Waals surface area contributed by atoms with Crippen LogP contribution in [0.1, 0.15) is 5.56 Å². The zero-order chi connectivity index (χ0) is 15.1. The minimum atomic E-state index is 1.20. The Morgan fingerprint density at radius 1 is 0.773 bits per heavy atom. The molecule has 0 aliphatic rings. The lowest BCUT2D eigenvalue weighted by Gasteiger charge is -2.17. The molecule has 0 saturated carbocycles. The molecule has 0 radical (unpaired) electrons. The van der Waals surface area contributed by atoms with E-state index in [0.717, 1.165) is 0 Å². The first-order valence-electron chi connectivity index (χ1n) is 7.17. The Morgan fingerprint density at radius 2 is 1.45 bits per heavy atom. The molecule has 0 unspecified atom stereocenters. The van der Waals surface area contributed by atoms with Gasteiger partial charge in [0.1, 0.15) is 0 Å². The van der Waals surface area contributed by atoms with E-state index in [1.54, 1.807) is 0 Å². The molecule has 0 spiro atoms. The van der Waals surface area contributed by atoms with Crippen molar-refractivity contribution in [1.29, 1.82) is 0 Å². The number of nitrogens with zero attached hydrogens (tertiary/aromatic N) is 1. The molecule has 4 aromatic rings. The summed E-state index contributed by atoms with van der Waals surface area (Å²) >= 11 is 4.29. The summed E-state index contributed by atoms with van der Waals surface area (Å²) in [6.07, 6.45) is 0. The summed E-state index contributed by atoms with van der Waals surface area (Å²) in [5, 5.41) is 2.71. The van der Waals surface area contributed by atoms with Gasteiger partial charge in [-0.1, -0.05) is 48.5 Å². The Kier molecular flexibility index (Phi) is 3.54. The molecule has 1 heterocycles. The predicted octanol–water partition coefficient (Wildman–Crippen LogP) is 6.85. The van der Waals surface area contributed by atoms with Crippen LogP contribution >= 0.6 is 34.2 Å². The summed E-state index contributed by atoms with van der Waals surface area (Å²) < 4.78 is 4.98. The molecule has 0 aliphatic carbocycles. The minimum Gasteiger partial charge on any atom is -0.282 e. The SMILES string of the molecule is Cc1cccc2c1sc1c(N(I)c3ccccc3)cccc12. The number of halogens is 1. The molecule has 0 aliphatic heterocycles. The van der Waals surface area contributed by atoms with Gasteiger partial charge in [0.2, 0.25) is 0 Å². The van der Waals surface area contributed by atoms with Gasteiger partial charge in [-0.2, -0.15) is 0 Å². The first-order chi connectivity index (χ1) is 10.8. The number of rotatable bonds is 2. The third-order valence-corrected chi connectivity index (χ3v) is 6.35. The zero-order valence-corrected chi connectivity index (χ0v) is 15.1. The van der Waals surface area contributed by atoms with E-state index in [2.05, 4.69) is 99.6 Å². The smallest absolute Gasteiger partial charge is 0.0689 e. The highest BCUT2D eigenvalue weighted by molar-refractivity contribution is 14.1. The van der Waals surface area contributed by atoms with Crippen LogP contribution in [0.4, 0.5) is 11.4 Å². The second-order valence-electron chi connectivity index (χ2n) is 5.32. The highest BCUT2D eigenvalue weighted by Crippen LogP contribution is 2.43. The van der Waals surface area contributed by atoms with E-state index >= 15 is 0 Å². The van der Waals surface area contributed by atoms with Crippen molar-refractivity contribution in [3.05, 3.63) is 72.3 Å². The van der Waals surface area contributed by atoms with Gasteiger partial charge in [-0.05, 0) is 30.7 Å². The van der Waals surface area contributed by atoms with Gasteiger partial charge in [0.15, 0.2) is 0 Å². The molecule has 1 nitrogen and oxygen atoms in total. The van der Waals surface area contributed by atoms with Crippen LogP contribution in [-0.4, -0.2) is 0 Å². The highest BCUT2D eigenvalue weighted by Gasteiger charge is 2.14. The Hall–Kier alpha value is -1.59. The third kappa shape index (κ3) is 2.20. The van der Waals surface area contributed by atoms with Crippen molar-refractivity contribution in [2.75, 3.05) is 3.11 Å². The standard InChI is InChI=1S/C19H14INS/c1-13-7-5-10-15-16-11-6-12-17(19(16)22-18(13)15)21(20)14-8-3-2-4-9-14/h2-12H,1H3. The second kappa shape index (κ2) is 5.56. The summed E-state index contributed by atoms with van der Waals surface area (Å²) in [5.41, 5.74) is 3.80. The van der Waals surface area contributed by atoms with Crippen molar-refractivity contribution in [2.24, 2.45) is 0 Å². The maximum absolute atomic E-state index is 2.39. The molecular weight excluding hydrogens is 401 g/mol. The zero-order valence-electron chi connectivity index (χ0n) is 12.1. The summed E-state index contributed by atoms with van der Waals surface area (Å²) in [4.78, 5) is 0. The van der Waals surface area contributed by atoms with Crippen molar-refractivity contribution < 1.29 is 0 Å². The lowest BCUT2D eigenvalue weighted by Crippen LogP contribution is -2.00. The normalized spacial score (nSPS) is 11.2. The number of aryl methyl sites for hydroxylation is 1. The van der Waals surface area contributed by atoms with E-state index in [-0.39, 0.29) is 0 Å². The van der Waals surface area contributed by atoms with Crippen molar-refractivity contribution in [3.8, 4) is 0 Å². The number of thiophene rings is 1. The van der Waals surface area contributed by atoms with E-state index in [1.165, 1.54) is 37.1 Å². The van der Waals surface area contributed by atoms with Crippen LogP contribution in [0, 0.1) is 6.92 Å². The molecule has 0 bridgehead atoms. The Labute approximate surface area is 147 Å². The number of hydrogen-bond acceptors (Lipinski definition) is 2. The van der Waals surface area contributed by atoms with Gasteiger partial charge in [0.05, 0.1) is 38.9 Å². The van der Waals surface area contributed by atoms with E-state index in [1.807, 2.05) is 11.3 Å². The van der Waals surface area contributed by atoms with E-state index < -0.39 is 0 Å². The van der Waals surface area contributed by atoms with E-state index in [9.17, 15) is 0 Å². The van der Waals surface area contributed by atoms with Gasteiger partial charge < -0.3 is 0 Å². The highest BCUT2D eigenvalue weighted by atomic mass is 127. The monoisotopic (exact) mass is 415 g/mol. The Bertz CT molecular complexity index is 959. The first kappa shape index (κ1) is 14.0. The summed E-state index contributed by atoms with van der Waals surface area (Å²) in [7, 11) is 0. The molecule has 1 aromatic heterocycles. The molecule has 108 valence electrons. The van der Waals surface area contributed by atoms with Crippen molar-refractivity contribution >= 4 is 65.7 Å². The van der Waals surface area contributed by atoms with Gasteiger partial charge in [-0.3, -0.25) is 3.11 Å². The Morgan fingerprint density at radius 3 is 2.23 bits per heavy atom. The lowest BCUT2D eigenvalue weighted by atomic mass is 10.1. The van der Waals surface area contributed by atoms with Gasteiger partial charge in [0.25, 0.3) is 0 Å². The second-order valence-corrected chi connectivity index (χ2v) is 7.31. The number of benzene rings is 3. The van der Waals surface area contributed by atoms with Crippen molar-refractivity contribution in [2.45, 2.75) is 6.92 Å². The number of fused-ring (bicyclic) bond motifs is 3. The number of para-hydroxylation sites is 1. The van der Waals surface area contributed by atoms with Crippen molar-refractivity contribution in [1.82, 2.24) is 0 Å². The van der Waals surface area contributed by atoms with Crippen LogP contribution in [0.3, 0.4) is 0 Å². The molecule has 0 N–H and O–H groups in total. The fourth-order valence-corrected chi connectivity index (χ4v) is 4.96. The molecule has 0 atom stereocenters. The van der Waals surface area contributed by atoms with Gasteiger partial charge in [-0.25, -0.2) is 0 Å². The molecule has 4 rings (SSSR count). The fraction of sp³-hybridized carbons (Fsp3) is 0.0526. The number of anilines is 2. The average Bonchev–Trinajstić information content (AvgIpc) is 2.95. The van der Waals surface area contributed by atoms with E-state index in [4.69, 9.17) is 0 Å². The topological polar surface area (TPSA) is 3.24 Å². The summed E-state index contributed by atoms with van der Waals surface area (Å²) in [6, 6.07) is 23.6. The quantitative estimate of drug-likeness (QED) is 0.256. The lowest BCUT2D eigenvalue weighted by molar-refractivity contribution is 1.51. The van der Waals surface area contributed by atoms with Crippen LogP contribution in [0.5, 0.6) is 0 Å². The molecule has 3 aromatic carbocycles. The molecule has 3 heteroatoms. The summed E-state index contributed by atoms with van der Waals surface area (Å²) in [6.45, 7) is 2.19. The molecular formula is C19H14INS.